The molecule has 2 aromatic rings. The molecule has 3 rings (SSSR count). The lowest BCUT2D eigenvalue weighted by Gasteiger charge is -2.35. The maximum atomic E-state index is 12.6. The quantitative estimate of drug-likeness (QED) is 0.860. The zero-order valence-corrected chi connectivity index (χ0v) is 15.1. The first-order chi connectivity index (χ1) is 12.6. The predicted octanol–water partition coefficient (Wildman–Crippen LogP) is 2.36. The standard InChI is InChI=1S/C21H25N3O2/c1-2-16-3-7-18(8-4-16)21(26)24-13-11-23(12-14-24)20(25)15-17-5-9-19(22)10-6-17/h3-10H,2,11-15,22H2,1H3. The van der Waals surface area contributed by atoms with Gasteiger partial charge in [-0.3, -0.25) is 9.59 Å². The molecule has 5 nitrogen and oxygen atoms in total. The van der Waals surface area contributed by atoms with Gasteiger partial charge in [0.15, 0.2) is 0 Å². The Labute approximate surface area is 154 Å². The molecule has 0 aliphatic carbocycles. The van der Waals surface area contributed by atoms with Gasteiger partial charge < -0.3 is 15.5 Å². The van der Waals surface area contributed by atoms with Gasteiger partial charge in [0.05, 0.1) is 6.42 Å². The van der Waals surface area contributed by atoms with Gasteiger partial charge in [0, 0.05) is 37.4 Å². The van der Waals surface area contributed by atoms with Gasteiger partial charge in [-0.05, 0) is 41.8 Å². The van der Waals surface area contributed by atoms with Crippen LogP contribution in [-0.2, 0) is 17.6 Å². The zero-order chi connectivity index (χ0) is 18.5. The molecular formula is C21H25N3O2. The summed E-state index contributed by atoms with van der Waals surface area (Å²) in [6.07, 6.45) is 1.33. The number of anilines is 1. The van der Waals surface area contributed by atoms with Gasteiger partial charge in [-0.15, -0.1) is 0 Å². The summed E-state index contributed by atoms with van der Waals surface area (Å²) in [5, 5.41) is 0. The molecule has 1 heterocycles. The van der Waals surface area contributed by atoms with E-state index in [2.05, 4.69) is 6.92 Å². The number of benzene rings is 2. The van der Waals surface area contributed by atoms with Crippen LogP contribution in [0.2, 0.25) is 0 Å². The number of nitrogen functional groups attached to an aromatic ring is 1. The fourth-order valence-corrected chi connectivity index (χ4v) is 3.15. The number of hydrogen-bond acceptors (Lipinski definition) is 3. The van der Waals surface area contributed by atoms with Gasteiger partial charge in [0.25, 0.3) is 5.91 Å². The van der Waals surface area contributed by atoms with E-state index in [9.17, 15) is 9.59 Å². The first-order valence-electron chi connectivity index (χ1n) is 9.07. The van der Waals surface area contributed by atoms with E-state index in [0.29, 0.717) is 43.9 Å². The van der Waals surface area contributed by atoms with Crippen molar-refractivity contribution in [3.63, 3.8) is 0 Å². The number of aryl methyl sites for hydroxylation is 1. The van der Waals surface area contributed by atoms with Crippen LogP contribution < -0.4 is 5.73 Å². The smallest absolute Gasteiger partial charge is 0.253 e. The van der Waals surface area contributed by atoms with Gasteiger partial charge >= 0.3 is 0 Å². The van der Waals surface area contributed by atoms with Crippen LogP contribution in [-0.4, -0.2) is 47.8 Å². The van der Waals surface area contributed by atoms with E-state index < -0.39 is 0 Å². The summed E-state index contributed by atoms with van der Waals surface area (Å²) in [5.41, 5.74) is 9.26. The summed E-state index contributed by atoms with van der Waals surface area (Å²) >= 11 is 0. The normalized spacial score (nSPS) is 14.3. The molecule has 5 heteroatoms. The Morgan fingerprint density at radius 2 is 1.38 bits per heavy atom. The maximum Gasteiger partial charge on any atom is 0.253 e. The van der Waals surface area contributed by atoms with Crippen molar-refractivity contribution in [2.24, 2.45) is 0 Å². The number of nitrogens with two attached hydrogens (primary N) is 1. The lowest BCUT2D eigenvalue weighted by atomic mass is 10.1. The van der Waals surface area contributed by atoms with Crippen LogP contribution >= 0.6 is 0 Å². The molecule has 0 atom stereocenters. The molecule has 2 N–H and O–H groups in total. The highest BCUT2D eigenvalue weighted by atomic mass is 16.2. The number of nitrogens with zero attached hydrogens (tertiary/aromatic N) is 2. The van der Waals surface area contributed by atoms with Crippen molar-refractivity contribution in [3.8, 4) is 0 Å². The van der Waals surface area contributed by atoms with Crippen LogP contribution in [0.1, 0.15) is 28.4 Å². The summed E-state index contributed by atoms with van der Waals surface area (Å²) in [4.78, 5) is 28.7. The van der Waals surface area contributed by atoms with E-state index in [-0.39, 0.29) is 11.8 Å². The highest BCUT2D eigenvalue weighted by Crippen LogP contribution is 2.13. The minimum Gasteiger partial charge on any atom is -0.399 e. The zero-order valence-electron chi connectivity index (χ0n) is 15.1. The van der Waals surface area contributed by atoms with Gasteiger partial charge in [-0.25, -0.2) is 0 Å². The molecular weight excluding hydrogens is 326 g/mol. The Kier molecular flexibility index (Phi) is 5.56. The van der Waals surface area contributed by atoms with Gasteiger partial charge in [-0.2, -0.15) is 0 Å². The lowest BCUT2D eigenvalue weighted by Crippen LogP contribution is -2.51. The third-order valence-electron chi connectivity index (χ3n) is 4.86. The highest BCUT2D eigenvalue weighted by Gasteiger charge is 2.24. The number of hydrogen-bond donors (Lipinski definition) is 1. The number of carbonyl (C=O) groups is 2. The molecule has 2 amide bonds. The van der Waals surface area contributed by atoms with Crippen LogP contribution in [0, 0.1) is 0 Å². The maximum absolute atomic E-state index is 12.6. The number of piperazine rings is 1. The Morgan fingerprint density at radius 3 is 1.96 bits per heavy atom. The first kappa shape index (κ1) is 18.0. The van der Waals surface area contributed by atoms with Crippen molar-refractivity contribution in [2.45, 2.75) is 19.8 Å². The third kappa shape index (κ3) is 4.23. The van der Waals surface area contributed by atoms with Gasteiger partial charge in [0.2, 0.25) is 5.91 Å². The molecule has 1 fully saturated rings. The van der Waals surface area contributed by atoms with E-state index in [1.807, 2.05) is 58.3 Å². The average Bonchev–Trinajstić information content (AvgIpc) is 2.69. The van der Waals surface area contributed by atoms with Crippen molar-refractivity contribution in [2.75, 3.05) is 31.9 Å². The molecule has 26 heavy (non-hydrogen) atoms. The second kappa shape index (κ2) is 8.04. The monoisotopic (exact) mass is 351 g/mol. The van der Waals surface area contributed by atoms with Gasteiger partial charge in [0.1, 0.15) is 0 Å². The molecule has 1 aliphatic heterocycles. The molecule has 136 valence electrons. The number of amides is 2. The molecule has 0 aromatic heterocycles. The van der Waals surface area contributed by atoms with Gasteiger partial charge in [-0.1, -0.05) is 31.2 Å². The third-order valence-corrected chi connectivity index (χ3v) is 4.86. The van der Waals surface area contributed by atoms with Crippen LogP contribution in [0.15, 0.2) is 48.5 Å². The van der Waals surface area contributed by atoms with Crippen LogP contribution in [0.4, 0.5) is 5.69 Å². The Bertz CT molecular complexity index is 761. The van der Waals surface area contributed by atoms with E-state index in [1.54, 1.807) is 0 Å². The van der Waals surface area contributed by atoms with E-state index in [4.69, 9.17) is 5.73 Å². The van der Waals surface area contributed by atoms with Crippen molar-refractivity contribution in [1.82, 2.24) is 9.80 Å². The molecule has 2 aromatic carbocycles. The topological polar surface area (TPSA) is 66.6 Å². The summed E-state index contributed by atoms with van der Waals surface area (Å²) in [6, 6.07) is 15.2. The first-order valence-corrected chi connectivity index (χ1v) is 9.07. The predicted molar refractivity (Wildman–Crippen MR) is 103 cm³/mol. The summed E-state index contributed by atoms with van der Waals surface area (Å²) in [7, 11) is 0. The van der Waals surface area contributed by atoms with Crippen molar-refractivity contribution < 1.29 is 9.59 Å². The molecule has 1 aliphatic rings. The van der Waals surface area contributed by atoms with Crippen LogP contribution in [0.5, 0.6) is 0 Å². The Hall–Kier alpha value is -2.82. The molecule has 0 saturated carbocycles. The minimum absolute atomic E-state index is 0.0401. The second-order valence-electron chi connectivity index (χ2n) is 6.64. The molecule has 0 unspecified atom stereocenters. The SMILES string of the molecule is CCc1ccc(C(=O)N2CCN(C(=O)Cc3ccc(N)cc3)CC2)cc1. The fraction of sp³-hybridized carbons (Fsp3) is 0.333. The minimum atomic E-state index is 0.0401. The summed E-state index contributed by atoms with van der Waals surface area (Å²) in [5.74, 6) is 0.132. The average molecular weight is 351 g/mol. The Morgan fingerprint density at radius 1 is 0.846 bits per heavy atom. The largest absolute Gasteiger partial charge is 0.399 e. The summed E-state index contributed by atoms with van der Waals surface area (Å²) in [6.45, 7) is 4.39. The fourth-order valence-electron chi connectivity index (χ4n) is 3.15. The van der Waals surface area contributed by atoms with Crippen LogP contribution in [0.3, 0.4) is 0 Å². The highest BCUT2D eigenvalue weighted by molar-refractivity contribution is 5.94. The molecule has 0 bridgehead atoms. The molecule has 0 spiro atoms. The number of rotatable bonds is 4. The second-order valence-corrected chi connectivity index (χ2v) is 6.64. The number of carbonyl (C=O) groups excluding carboxylic acids is 2. The van der Waals surface area contributed by atoms with Crippen molar-refractivity contribution in [1.29, 1.82) is 0 Å². The van der Waals surface area contributed by atoms with Crippen LogP contribution in [0.25, 0.3) is 0 Å². The van der Waals surface area contributed by atoms with Crippen molar-refractivity contribution in [3.05, 3.63) is 65.2 Å². The van der Waals surface area contributed by atoms with E-state index in [1.165, 1.54) is 5.56 Å². The molecule has 1 saturated heterocycles. The summed E-state index contributed by atoms with van der Waals surface area (Å²) < 4.78 is 0. The molecule has 0 radical (unpaired) electrons. The lowest BCUT2D eigenvalue weighted by molar-refractivity contribution is -0.131. The van der Waals surface area contributed by atoms with E-state index >= 15 is 0 Å². The van der Waals surface area contributed by atoms with Crippen molar-refractivity contribution >= 4 is 17.5 Å². The van der Waals surface area contributed by atoms with E-state index in [0.717, 1.165) is 12.0 Å². The Balaban J connectivity index is 1.53.